The Hall–Kier alpha value is -3.88. The van der Waals surface area contributed by atoms with Crippen LogP contribution in [-0.2, 0) is 11.3 Å². The van der Waals surface area contributed by atoms with Crippen LogP contribution in [0, 0.1) is 17.1 Å². The average Bonchev–Trinajstić information content (AvgIpc) is 3.15. The fourth-order valence-corrected chi connectivity index (χ4v) is 3.53. The van der Waals surface area contributed by atoms with Gasteiger partial charge in [-0.1, -0.05) is 41.9 Å². The van der Waals surface area contributed by atoms with E-state index in [1.54, 1.807) is 30.3 Å². The van der Waals surface area contributed by atoms with E-state index in [-0.39, 0.29) is 11.4 Å². The predicted molar refractivity (Wildman–Crippen MR) is 121 cm³/mol. The lowest BCUT2D eigenvalue weighted by molar-refractivity contribution is -0.112. The van der Waals surface area contributed by atoms with Crippen LogP contribution in [0.15, 0.2) is 84.6 Å². The molecule has 4 aromatic rings. The van der Waals surface area contributed by atoms with Gasteiger partial charge < -0.3 is 9.88 Å². The fraction of sp³-hybridized carbons (Fsp3) is 0.0400. The minimum atomic E-state index is -0.528. The molecule has 1 N–H and O–H groups in total. The number of amides is 1. The molecule has 6 heteroatoms. The monoisotopic (exact) mass is 429 g/mol. The first-order chi connectivity index (χ1) is 15.0. The van der Waals surface area contributed by atoms with Gasteiger partial charge in [0.2, 0.25) is 0 Å². The number of hydrogen-bond acceptors (Lipinski definition) is 2. The molecule has 0 fully saturated rings. The number of anilines is 1. The zero-order valence-electron chi connectivity index (χ0n) is 16.3. The molecule has 3 aromatic carbocycles. The van der Waals surface area contributed by atoms with Gasteiger partial charge in [-0.05, 0) is 59.7 Å². The third-order valence-corrected chi connectivity index (χ3v) is 5.16. The molecule has 1 amide bonds. The molecule has 0 atom stereocenters. The van der Waals surface area contributed by atoms with E-state index in [0.717, 1.165) is 22.0 Å². The van der Waals surface area contributed by atoms with Crippen molar-refractivity contribution in [2.24, 2.45) is 0 Å². The van der Waals surface area contributed by atoms with Crippen molar-refractivity contribution >= 4 is 40.2 Å². The summed E-state index contributed by atoms with van der Waals surface area (Å²) in [5, 5.41) is 13.5. The number of rotatable bonds is 5. The Morgan fingerprint density at radius 2 is 1.94 bits per heavy atom. The normalized spacial score (nSPS) is 11.3. The van der Waals surface area contributed by atoms with Gasteiger partial charge in [0.1, 0.15) is 17.5 Å². The summed E-state index contributed by atoms with van der Waals surface area (Å²) >= 11 is 6.07. The standard InChI is InChI=1S/C25H17ClFN3O/c26-22-6-1-2-7-23(22)29-25(31)20(15-28)13-17-8-9-24-19(12-17)10-11-30(24)16-18-4-3-5-21(27)14-18/h1-14H,16H2,(H,29,31)/b20-13+. The Kier molecular flexibility index (Phi) is 5.83. The van der Waals surface area contributed by atoms with E-state index in [1.807, 2.05) is 47.2 Å². The summed E-state index contributed by atoms with van der Waals surface area (Å²) < 4.78 is 15.5. The van der Waals surface area contributed by atoms with E-state index >= 15 is 0 Å². The number of para-hydroxylation sites is 1. The quantitative estimate of drug-likeness (QED) is 0.311. The summed E-state index contributed by atoms with van der Waals surface area (Å²) in [4.78, 5) is 12.5. The Labute approximate surface area is 183 Å². The smallest absolute Gasteiger partial charge is 0.266 e. The topological polar surface area (TPSA) is 57.8 Å². The van der Waals surface area contributed by atoms with Crippen LogP contribution in [0.4, 0.5) is 10.1 Å². The molecule has 1 aromatic heterocycles. The molecule has 4 rings (SSSR count). The highest BCUT2D eigenvalue weighted by Crippen LogP contribution is 2.23. The van der Waals surface area contributed by atoms with Gasteiger partial charge in [-0.3, -0.25) is 4.79 Å². The number of hydrogen-bond donors (Lipinski definition) is 1. The molecule has 152 valence electrons. The third kappa shape index (κ3) is 4.66. The molecule has 0 aliphatic rings. The van der Waals surface area contributed by atoms with Crippen molar-refractivity contribution in [3.05, 3.63) is 107 Å². The number of aromatic nitrogens is 1. The maximum absolute atomic E-state index is 13.5. The number of halogens is 2. The molecule has 0 unspecified atom stereocenters. The van der Waals surface area contributed by atoms with Crippen molar-refractivity contribution in [3.8, 4) is 6.07 Å². The third-order valence-electron chi connectivity index (χ3n) is 4.84. The summed E-state index contributed by atoms with van der Waals surface area (Å²) in [6.45, 7) is 0.542. The van der Waals surface area contributed by atoms with E-state index in [4.69, 9.17) is 11.6 Å². The molecule has 0 aliphatic heterocycles. The van der Waals surface area contributed by atoms with Gasteiger partial charge in [-0.2, -0.15) is 5.26 Å². The Morgan fingerprint density at radius 3 is 2.71 bits per heavy atom. The fourth-order valence-electron chi connectivity index (χ4n) is 3.35. The van der Waals surface area contributed by atoms with Crippen molar-refractivity contribution in [3.63, 3.8) is 0 Å². The Morgan fingerprint density at radius 1 is 1.10 bits per heavy atom. The molecule has 0 radical (unpaired) electrons. The van der Waals surface area contributed by atoms with Gasteiger partial charge in [-0.25, -0.2) is 4.39 Å². The van der Waals surface area contributed by atoms with E-state index in [2.05, 4.69) is 5.32 Å². The number of benzene rings is 3. The average molecular weight is 430 g/mol. The van der Waals surface area contributed by atoms with E-state index in [9.17, 15) is 14.4 Å². The lowest BCUT2D eigenvalue weighted by Gasteiger charge is -2.07. The molecule has 0 saturated heterocycles. The molecule has 1 heterocycles. The largest absolute Gasteiger partial charge is 0.343 e. The van der Waals surface area contributed by atoms with Crippen molar-refractivity contribution < 1.29 is 9.18 Å². The molecular weight excluding hydrogens is 413 g/mol. The van der Waals surface area contributed by atoms with Crippen molar-refractivity contribution in [1.29, 1.82) is 5.26 Å². The summed E-state index contributed by atoms with van der Waals surface area (Å²) in [6, 6.07) is 22.9. The lowest BCUT2D eigenvalue weighted by Crippen LogP contribution is -2.13. The van der Waals surface area contributed by atoms with Gasteiger partial charge in [-0.15, -0.1) is 0 Å². The molecule has 0 saturated carbocycles. The van der Waals surface area contributed by atoms with Crippen LogP contribution in [0.5, 0.6) is 0 Å². The number of nitriles is 1. The first-order valence-corrected chi connectivity index (χ1v) is 9.92. The molecule has 0 spiro atoms. The molecule has 0 aliphatic carbocycles. The Bertz CT molecular complexity index is 1350. The maximum atomic E-state index is 13.5. The van der Waals surface area contributed by atoms with Crippen LogP contribution >= 0.6 is 11.6 Å². The second kappa shape index (κ2) is 8.86. The van der Waals surface area contributed by atoms with Crippen LogP contribution in [-0.4, -0.2) is 10.5 Å². The van der Waals surface area contributed by atoms with Gasteiger partial charge in [0.05, 0.1) is 10.7 Å². The van der Waals surface area contributed by atoms with Crippen LogP contribution < -0.4 is 5.32 Å². The molecular formula is C25H17ClFN3O. The lowest BCUT2D eigenvalue weighted by atomic mass is 10.1. The summed E-state index contributed by atoms with van der Waals surface area (Å²) in [7, 11) is 0. The summed E-state index contributed by atoms with van der Waals surface area (Å²) in [5.41, 5.74) is 2.98. The van der Waals surface area contributed by atoms with Crippen molar-refractivity contribution in [1.82, 2.24) is 4.57 Å². The number of carbonyl (C=O) groups excluding carboxylic acids is 1. The first-order valence-electron chi connectivity index (χ1n) is 9.54. The minimum Gasteiger partial charge on any atom is -0.343 e. The second-order valence-electron chi connectivity index (χ2n) is 7.00. The van der Waals surface area contributed by atoms with Gasteiger partial charge in [0.15, 0.2) is 0 Å². The molecule has 4 nitrogen and oxygen atoms in total. The van der Waals surface area contributed by atoms with Crippen molar-refractivity contribution in [2.45, 2.75) is 6.54 Å². The zero-order valence-corrected chi connectivity index (χ0v) is 17.1. The second-order valence-corrected chi connectivity index (χ2v) is 7.40. The number of nitrogens with one attached hydrogen (secondary N) is 1. The molecule has 0 bridgehead atoms. The van der Waals surface area contributed by atoms with Crippen molar-refractivity contribution in [2.75, 3.05) is 5.32 Å². The molecule has 31 heavy (non-hydrogen) atoms. The number of fused-ring (bicyclic) bond motifs is 1. The van der Waals surface area contributed by atoms with Crippen LogP contribution in [0.3, 0.4) is 0 Å². The minimum absolute atomic E-state index is 0.0292. The number of nitrogens with zero attached hydrogens (tertiary/aromatic N) is 2. The zero-order chi connectivity index (χ0) is 21.8. The van der Waals surface area contributed by atoms with Gasteiger partial charge in [0.25, 0.3) is 5.91 Å². The highest BCUT2D eigenvalue weighted by molar-refractivity contribution is 6.34. The van der Waals surface area contributed by atoms with Crippen LogP contribution in [0.2, 0.25) is 5.02 Å². The first kappa shape index (κ1) is 20.4. The maximum Gasteiger partial charge on any atom is 0.266 e. The Balaban J connectivity index is 1.57. The van der Waals surface area contributed by atoms with E-state index < -0.39 is 5.91 Å². The van der Waals surface area contributed by atoms with Gasteiger partial charge >= 0.3 is 0 Å². The van der Waals surface area contributed by atoms with E-state index in [1.165, 1.54) is 18.2 Å². The summed E-state index contributed by atoms with van der Waals surface area (Å²) in [6.07, 6.45) is 3.47. The SMILES string of the molecule is N#C/C(=C\c1ccc2c(ccn2Cc2cccc(F)c2)c1)C(=O)Nc1ccccc1Cl. The highest BCUT2D eigenvalue weighted by Gasteiger charge is 2.12. The highest BCUT2D eigenvalue weighted by atomic mass is 35.5. The predicted octanol–water partition coefficient (Wildman–Crippen LogP) is 6.03. The van der Waals surface area contributed by atoms with E-state index in [0.29, 0.717) is 17.3 Å². The summed E-state index contributed by atoms with van der Waals surface area (Å²) in [5.74, 6) is -0.792. The van der Waals surface area contributed by atoms with Crippen LogP contribution in [0.1, 0.15) is 11.1 Å². The van der Waals surface area contributed by atoms with Crippen LogP contribution in [0.25, 0.3) is 17.0 Å². The number of carbonyl (C=O) groups is 1. The van der Waals surface area contributed by atoms with Gasteiger partial charge in [0, 0.05) is 23.6 Å².